The quantitative estimate of drug-likeness (QED) is 0.733. The lowest BCUT2D eigenvalue weighted by molar-refractivity contribution is 0.415. The van der Waals surface area contributed by atoms with Gasteiger partial charge in [0.05, 0.1) is 31.4 Å². The lowest BCUT2D eigenvalue weighted by atomic mass is 10.2. The molecule has 0 amide bonds. The van der Waals surface area contributed by atoms with Crippen molar-refractivity contribution in [3.05, 3.63) is 53.3 Å². The predicted molar refractivity (Wildman–Crippen MR) is 79.5 cm³/mol. The Labute approximate surface area is 121 Å². The number of benzene rings is 1. The second kappa shape index (κ2) is 5.40. The first-order valence-electron chi connectivity index (χ1n) is 6.72. The summed E-state index contributed by atoms with van der Waals surface area (Å²) in [6, 6.07) is 7.18. The van der Waals surface area contributed by atoms with Gasteiger partial charge in [-0.3, -0.25) is 14.0 Å². The van der Waals surface area contributed by atoms with Gasteiger partial charge in [0.2, 0.25) is 0 Å². The summed E-state index contributed by atoms with van der Waals surface area (Å²) in [6.45, 7) is 2.58. The number of nitrogens with zero attached hydrogens (tertiary/aromatic N) is 4. The average Bonchev–Trinajstić information content (AvgIpc) is 3.00. The largest absolute Gasteiger partial charge is 0.494 e. The maximum Gasteiger partial charge on any atom is 0.261 e. The normalized spacial score (nSPS) is 12.5. The molecule has 3 rings (SSSR count). The monoisotopic (exact) mass is 284 g/mol. The van der Waals surface area contributed by atoms with Crippen molar-refractivity contribution in [3.63, 3.8) is 0 Å². The first kappa shape index (κ1) is 13.4. The molecule has 21 heavy (non-hydrogen) atoms. The highest BCUT2D eigenvalue weighted by molar-refractivity contribution is 5.83. The molecule has 0 saturated heterocycles. The van der Waals surface area contributed by atoms with Crippen molar-refractivity contribution in [2.24, 2.45) is 0 Å². The van der Waals surface area contributed by atoms with Crippen molar-refractivity contribution in [1.82, 2.24) is 19.3 Å². The first-order chi connectivity index (χ1) is 10.2. The van der Waals surface area contributed by atoms with E-state index in [0.717, 1.165) is 0 Å². The summed E-state index contributed by atoms with van der Waals surface area (Å²) in [6.07, 6.45) is 5.17. The summed E-state index contributed by atoms with van der Waals surface area (Å²) in [4.78, 5) is 17.0. The van der Waals surface area contributed by atoms with E-state index in [4.69, 9.17) is 4.74 Å². The number of methoxy groups -OCH3 is 1. The molecule has 0 aliphatic rings. The molecule has 3 aromatic rings. The highest BCUT2D eigenvalue weighted by atomic mass is 16.5. The molecule has 0 bridgehead atoms. The van der Waals surface area contributed by atoms with Crippen LogP contribution in [0.15, 0.2) is 47.8 Å². The molecule has 1 atom stereocenters. The lowest BCUT2D eigenvalue weighted by Gasteiger charge is -2.15. The minimum Gasteiger partial charge on any atom is -0.494 e. The summed E-state index contributed by atoms with van der Waals surface area (Å²) in [5, 5.41) is 4.72. The van der Waals surface area contributed by atoms with Crippen molar-refractivity contribution in [3.8, 4) is 5.75 Å². The van der Waals surface area contributed by atoms with E-state index in [1.54, 1.807) is 47.1 Å². The molecule has 6 heteroatoms. The van der Waals surface area contributed by atoms with E-state index in [1.165, 1.54) is 0 Å². The van der Waals surface area contributed by atoms with Gasteiger partial charge in [-0.15, -0.1) is 0 Å². The Balaban J connectivity index is 2.04. The molecule has 0 fully saturated rings. The number of hydrogen-bond donors (Lipinski definition) is 0. The third-order valence-corrected chi connectivity index (χ3v) is 3.48. The Bertz CT molecular complexity index is 808. The fraction of sp³-hybridized carbons (Fsp3) is 0.267. The summed E-state index contributed by atoms with van der Waals surface area (Å²) >= 11 is 0. The summed E-state index contributed by atoms with van der Waals surface area (Å²) in [7, 11) is 1.57. The van der Waals surface area contributed by atoms with Crippen LogP contribution in [0.1, 0.15) is 13.0 Å². The van der Waals surface area contributed by atoms with Crippen molar-refractivity contribution in [2.45, 2.75) is 19.5 Å². The minimum atomic E-state index is -0.0708. The molecule has 0 aliphatic heterocycles. The summed E-state index contributed by atoms with van der Waals surface area (Å²) < 4.78 is 8.67. The van der Waals surface area contributed by atoms with E-state index in [1.807, 2.05) is 19.2 Å². The number of para-hydroxylation sites is 1. The zero-order valence-electron chi connectivity index (χ0n) is 11.9. The standard InChI is InChI=1S/C15H16N4O2/c1-11(9-18-8-4-7-17-18)19-10-16-14-12(15(19)20)5-3-6-13(14)21-2/h3-8,10-11H,9H2,1-2H3/t11-/m1/s1. The van der Waals surface area contributed by atoms with Crippen LogP contribution in [0, 0.1) is 0 Å². The highest BCUT2D eigenvalue weighted by Gasteiger charge is 2.12. The fourth-order valence-corrected chi connectivity index (χ4v) is 2.39. The number of fused-ring (bicyclic) bond motifs is 1. The first-order valence-corrected chi connectivity index (χ1v) is 6.72. The Hall–Kier alpha value is -2.63. The van der Waals surface area contributed by atoms with Gasteiger partial charge < -0.3 is 4.74 Å². The molecule has 0 radical (unpaired) electrons. The number of hydrogen-bond acceptors (Lipinski definition) is 4. The molecular formula is C15H16N4O2. The van der Waals surface area contributed by atoms with Gasteiger partial charge in [0, 0.05) is 12.4 Å². The van der Waals surface area contributed by atoms with Gasteiger partial charge in [0.15, 0.2) is 0 Å². The van der Waals surface area contributed by atoms with Gasteiger partial charge in [-0.1, -0.05) is 6.07 Å². The zero-order chi connectivity index (χ0) is 14.8. The van der Waals surface area contributed by atoms with Gasteiger partial charge in [-0.25, -0.2) is 4.98 Å². The molecule has 2 heterocycles. The number of aromatic nitrogens is 4. The second-order valence-corrected chi connectivity index (χ2v) is 4.89. The van der Waals surface area contributed by atoms with Gasteiger partial charge in [-0.05, 0) is 25.1 Å². The lowest BCUT2D eigenvalue weighted by Crippen LogP contribution is -2.26. The Morgan fingerprint density at radius 1 is 1.33 bits per heavy atom. The molecule has 1 aromatic carbocycles. The Morgan fingerprint density at radius 2 is 2.19 bits per heavy atom. The molecule has 0 N–H and O–H groups in total. The van der Waals surface area contributed by atoms with Crippen LogP contribution in [0.5, 0.6) is 5.75 Å². The SMILES string of the molecule is COc1cccc2c(=O)n([C@H](C)Cn3cccn3)cnc12. The van der Waals surface area contributed by atoms with Crippen LogP contribution in [0.4, 0.5) is 0 Å². The van der Waals surface area contributed by atoms with E-state index in [0.29, 0.717) is 23.2 Å². The van der Waals surface area contributed by atoms with Crippen LogP contribution in [0.25, 0.3) is 10.9 Å². The van der Waals surface area contributed by atoms with Crippen LogP contribution in [0.3, 0.4) is 0 Å². The van der Waals surface area contributed by atoms with E-state index < -0.39 is 0 Å². The van der Waals surface area contributed by atoms with Gasteiger partial charge >= 0.3 is 0 Å². The molecular weight excluding hydrogens is 268 g/mol. The van der Waals surface area contributed by atoms with E-state index in [2.05, 4.69) is 10.1 Å². The van der Waals surface area contributed by atoms with Crippen LogP contribution in [0.2, 0.25) is 0 Å². The third-order valence-electron chi connectivity index (χ3n) is 3.48. The van der Waals surface area contributed by atoms with Crippen molar-refractivity contribution in [1.29, 1.82) is 0 Å². The van der Waals surface area contributed by atoms with Crippen LogP contribution in [-0.4, -0.2) is 26.4 Å². The molecule has 0 saturated carbocycles. The third kappa shape index (κ3) is 2.40. The van der Waals surface area contributed by atoms with Crippen molar-refractivity contribution >= 4 is 10.9 Å². The molecule has 108 valence electrons. The Kier molecular flexibility index (Phi) is 3.43. The topological polar surface area (TPSA) is 61.9 Å². The van der Waals surface area contributed by atoms with Crippen LogP contribution < -0.4 is 10.3 Å². The second-order valence-electron chi connectivity index (χ2n) is 4.89. The van der Waals surface area contributed by atoms with E-state index in [9.17, 15) is 4.79 Å². The molecule has 6 nitrogen and oxygen atoms in total. The number of ether oxygens (including phenoxy) is 1. The Morgan fingerprint density at radius 3 is 2.90 bits per heavy atom. The molecule has 2 aromatic heterocycles. The van der Waals surface area contributed by atoms with Gasteiger partial charge in [0.1, 0.15) is 11.3 Å². The van der Waals surface area contributed by atoms with Gasteiger partial charge in [0.25, 0.3) is 5.56 Å². The van der Waals surface area contributed by atoms with Crippen molar-refractivity contribution in [2.75, 3.05) is 7.11 Å². The smallest absolute Gasteiger partial charge is 0.261 e. The minimum absolute atomic E-state index is 0.0412. The molecule has 0 aliphatic carbocycles. The van der Waals surface area contributed by atoms with Crippen LogP contribution >= 0.6 is 0 Å². The van der Waals surface area contributed by atoms with Crippen LogP contribution in [-0.2, 0) is 6.54 Å². The maximum absolute atomic E-state index is 12.6. The van der Waals surface area contributed by atoms with E-state index in [-0.39, 0.29) is 11.6 Å². The summed E-state index contributed by atoms with van der Waals surface area (Å²) in [5.74, 6) is 0.608. The predicted octanol–water partition coefficient (Wildman–Crippen LogP) is 1.86. The average molecular weight is 284 g/mol. The van der Waals surface area contributed by atoms with Crippen molar-refractivity contribution < 1.29 is 4.74 Å². The highest BCUT2D eigenvalue weighted by Crippen LogP contribution is 2.20. The summed E-state index contributed by atoms with van der Waals surface area (Å²) in [5.41, 5.74) is 0.520. The molecule has 0 spiro atoms. The van der Waals surface area contributed by atoms with E-state index >= 15 is 0 Å². The van der Waals surface area contributed by atoms with Gasteiger partial charge in [-0.2, -0.15) is 5.10 Å². The maximum atomic E-state index is 12.6. The number of rotatable bonds is 4. The fourth-order valence-electron chi connectivity index (χ4n) is 2.39. The zero-order valence-corrected chi connectivity index (χ0v) is 11.9. The molecule has 0 unspecified atom stereocenters.